The maximum atomic E-state index is 8.63. The molecule has 0 bridgehead atoms. The van der Waals surface area contributed by atoms with Gasteiger partial charge in [-0.05, 0) is 12.7 Å². The van der Waals surface area contributed by atoms with Gasteiger partial charge in [-0.3, -0.25) is 4.68 Å². The van der Waals surface area contributed by atoms with Gasteiger partial charge in [0.2, 0.25) is 0 Å². The van der Waals surface area contributed by atoms with Gasteiger partial charge in [-0.15, -0.1) is 11.8 Å². The predicted octanol–water partition coefficient (Wildman–Crippen LogP) is 0.935. The topological polar surface area (TPSA) is 76.4 Å². The molecule has 1 aromatic heterocycles. The van der Waals surface area contributed by atoms with Gasteiger partial charge in [0.15, 0.2) is 5.84 Å². The van der Waals surface area contributed by atoms with Crippen LogP contribution in [-0.2, 0) is 7.05 Å². The molecule has 0 aromatic carbocycles. The highest BCUT2D eigenvalue weighted by Gasteiger charge is 2.16. The second-order valence-corrected chi connectivity index (χ2v) is 4.06. The third-order valence-corrected chi connectivity index (χ3v) is 2.84. The summed E-state index contributed by atoms with van der Waals surface area (Å²) >= 11 is 1.62. The summed E-state index contributed by atoms with van der Waals surface area (Å²) in [5.41, 5.74) is 7.07. The summed E-state index contributed by atoms with van der Waals surface area (Å²) < 4.78 is 1.75. The standard InChI is InChI=1S/C8H14N4OS/c1-4-14-8-6(7(9)11-13)5(2)10-12(8)3/h13H,4H2,1-3H3,(H2,9,11). The molecule has 0 aliphatic rings. The Morgan fingerprint density at radius 2 is 2.36 bits per heavy atom. The van der Waals surface area contributed by atoms with Gasteiger partial charge in [-0.25, -0.2) is 0 Å². The molecule has 5 nitrogen and oxygen atoms in total. The van der Waals surface area contributed by atoms with Crippen LogP contribution in [0.4, 0.5) is 0 Å². The molecule has 1 rings (SSSR count). The molecular weight excluding hydrogens is 200 g/mol. The number of aromatic nitrogens is 2. The van der Waals surface area contributed by atoms with Crippen molar-refractivity contribution in [1.29, 1.82) is 0 Å². The molecule has 0 unspecified atom stereocenters. The molecule has 3 N–H and O–H groups in total. The Morgan fingerprint density at radius 1 is 1.71 bits per heavy atom. The Hall–Kier alpha value is -1.17. The van der Waals surface area contributed by atoms with E-state index in [0.29, 0.717) is 0 Å². The van der Waals surface area contributed by atoms with Crippen LogP contribution in [0, 0.1) is 6.92 Å². The first-order valence-electron chi connectivity index (χ1n) is 4.26. The van der Waals surface area contributed by atoms with Crippen LogP contribution in [0.2, 0.25) is 0 Å². The first-order valence-corrected chi connectivity index (χ1v) is 5.24. The zero-order valence-electron chi connectivity index (χ0n) is 8.48. The Labute approximate surface area is 87.0 Å². The normalized spacial score (nSPS) is 12.1. The van der Waals surface area contributed by atoms with E-state index >= 15 is 0 Å². The molecule has 1 heterocycles. The van der Waals surface area contributed by atoms with Crippen LogP contribution in [0.25, 0.3) is 0 Å². The van der Waals surface area contributed by atoms with Gasteiger partial charge in [-0.1, -0.05) is 12.1 Å². The number of aryl methyl sites for hydroxylation is 2. The van der Waals surface area contributed by atoms with E-state index in [1.165, 1.54) is 0 Å². The molecule has 0 saturated carbocycles. The second-order valence-electron chi connectivity index (χ2n) is 2.81. The second kappa shape index (κ2) is 4.36. The quantitative estimate of drug-likeness (QED) is 0.258. The highest BCUT2D eigenvalue weighted by atomic mass is 32.2. The molecule has 0 amide bonds. The minimum atomic E-state index is 0.117. The first kappa shape index (κ1) is 10.9. The van der Waals surface area contributed by atoms with E-state index in [-0.39, 0.29) is 5.84 Å². The summed E-state index contributed by atoms with van der Waals surface area (Å²) in [6, 6.07) is 0. The van der Waals surface area contributed by atoms with E-state index < -0.39 is 0 Å². The SMILES string of the molecule is CCSc1c(C(N)=NO)c(C)nn1C. The maximum absolute atomic E-state index is 8.63. The molecule has 14 heavy (non-hydrogen) atoms. The van der Waals surface area contributed by atoms with Crippen molar-refractivity contribution in [2.75, 3.05) is 5.75 Å². The Bertz CT molecular complexity index is 358. The number of nitrogens with zero attached hydrogens (tertiary/aromatic N) is 3. The fourth-order valence-corrected chi connectivity index (χ4v) is 2.18. The van der Waals surface area contributed by atoms with Gasteiger partial charge in [0.05, 0.1) is 11.3 Å². The molecule has 0 aliphatic heterocycles. The van der Waals surface area contributed by atoms with Gasteiger partial charge in [0.25, 0.3) is 0 Å². The van der Waals surface area contributed by atoms with E-state index in [4.69, 9.17) is 10.9 Å². The van der Waals surface area contributed by atoms with E-state index in [1.807, 2.05) is 20.9 Å². The zero-order chi connectivity index (χ0) is 10.7. The molecule has 1 aromatic rings. The lowest BCUT2D eigenvalue weighted by Gasteiger charge is -2.02. The molecular formula is C8H14N4OS. The Balaban J connectivity index is 3.24. The highest BCUT2D eigenvalue weighted by Crippen LogP contribution is 2.24. The molecule has 0 spiro atoms. The van der Waals surface area contributed by atoms with Crippen molar-refractivity contribution in [2.45, 2.75) is 18.9 Å². The molecule has 0 saturated heterocycles. The maximum Gasteiger partial charge on any atom is 0.174 e. The van der Waals surface area contributed by atoms with Crippen molar-refractivity contribution in [3.63, 3.8) is 0 Å². The van der Waals surface area contributed by atoms with Crippen LogP contribution < -0.4 is 5.73 Å². The Kier molecular flexibility index (Phi) is 3.40. The average molecular weight is 214 g/mol. The van der Waals surface area contributed by atoms with Gasteiger partial charge >= 0.3 is 0 Å². The van der Waals surface area contributed by atoms with Crippen molar-refractivity contribution in [2.24, 2.45) is 17.9 Å². The van der Waals surface area contributed by atoms with Crippen LogP contribution in [0.15, 0.2) is 10.2 Å². The van der Waals surface area contributed by atoms with Crippen LogP contribution in [-0.4, -0.2) is 26.6 Å². The number of oxime groups is 1. The average Bonchev–Trinajstić information content (AvgIpc) is 2.42. The van der Waals surface area contributed by atoms with Gasteiger partial charge in [-0.2, -0.15) is 5.10 Å². The minimum absolute atomic E-state index is 0.117. The van der Waals surface area contributed by atoms with Gasteiger partial charge in [0, 0.05) is 7.05 Å². The van der Waals surface area contributed by atoms with Crippen LogP contribution in [0.1, 0.15) is 18.2 Å². The number of hydrogen-bond donors (Lipinski definition) is 2. The lowest BCUT2D eigenvalue weighted by Crippen LogP contribution is -2.15. The summed E-state index contributed by atoms with van der Waals surface area (Å²) in [7, 11) is 1.85. The third-order valence-electron chi connectivity index (χ3n) is 1.81. The van der Waals surface area contributed by atoms with Crippen molar-refractivity contribution in [3.8, 4) is 0 Å². The van der Waals surface area contributed by atoms with Crippen LogP contribution in [0.3, 0.4) is 0 Å². The first-order chi connectivity index (χ1) is 6.61. The van der Waals surface area contributed by atoms with Crippen LogP contribution in [0.5, 0.6) is 0 Å². The fourth-order valence-electron chi connectivity index (χ4n) is 1.28. The summed E-state index contributed by atoms with van der Waals surface area (Å²) in [6.45, 7) is 3.89. The van der Waals surface area contributed by atoms with E-state index in [1.54, 1.807) is 16.4 Å². The number of thioether (sulfide) groups is 1. The molecule has 0 fully saturated rings. The fraction of sp³-hybridized carbons (Fsp3) is 0.500. The zero-order valence-corrected chi connectivity index (χ0v) is 9.30. The monoisotopic (exact) mass is 214 g/mol. The van der Waals surface area contributed by atoms with E-state index in [0.717, 1.165) is 22.0 Å². The lowest BCUT2D eigenvalue weighted by atomic mass is 10.2. The lowest BCUT2D eigenvalue weighted by molar-refractivity contribution is 0.318. The van der Waals surface area contributed by atoms with Crippen LogP contribution >= 0.6 is 11.8 Å². The largest absolute Gasteiger partial charge is 0.409 e. The third kappa shape index (κ3) is 1.84. The predicted molar refractivity (Wildman–Crippen MR) is 56.9 cm³/mol. The molecule has 0 radical (unpaired) electrons. The number of nitrogens with two attached hydrogens (primary N) is 1. The number of rotatable bonds is 3. The smallest absolute Gasteiger partial charge is 0.174 e. The minimum Gasteiger partial charge on any atom is -0.409 e. The molecule has 78 valence electrons. The number of hydrogen-bond acceptors (Lipinski definition) is 4. The highest BCUT2D eigenvalue weighted by molar-refractivity contribution is 7.99. The number of amidine groups is 1. The van der Waals surface area contributed by atoms with Gasteiger partial charge in [0.1, 0.15) is 5.03 Å². The molecule has 0 aliphatic carbocycles. The van der Waals surface area contributed by atoms with Crippen molar-refractivity contribution in [1.82, 2.24) is 9.78 Å². The molecule has 0 atom stereocenters. The Morgan fingerprint density at radius 3 is 2.86 bits per heavy atom. The summed E-state index contributed by atoms with van der Waals surface area (Å²) in [4.78, 5) is 0. The van der Waals surface area contributed by atoms with E-state index in [2.05, 4.69) is 10.3 Å². The summed E-state index contributed by atoms with van der Waals surface area (Å²) in [5.74, 6) is 1.04. The van der Waals surface area contributed by atoms with Crippen molar-refractivity contribution < 1.29 is 5.21 Å². The molecule has 6 heteroatoms. The summed E-state index contributed by atoms with van der Waals surface area (Å²) in [5, 5.41) is 16.8. The van der Waals surface area contributed by atoms with Crippen molar-refractivity contribution in [3.05, 3.63) is 11.3 Å². The van der Waals surface area contributed by atoms with E-state index in [9.17, 15) is 0 Å². The summed E-state index contributed by atoms with van der Waals surface area (Å²) in [6.07, 6.45) is 0. The van der Waals surface area contributed by atoms with Gasteiger partial charge < -0.3 is 10.9 Å². The van der Waals surface area contributed by atoms with Crippen molar-refractivity contribution >= 4 is 17.6 Å².